The van der Waals surface area contributed by atoms with Crippen LogP contribution in [0.4, 0.5) is 16.4 Å². The highest BCUT2D eigenvalue weighted by Crippen LogP contribution is 2.38. The molecule has 0 saturated heterocycles. The van der Waals surface area contributed by atoms with Gasteiger partial charge in [0.2, 0.25) is 10.0 Å². The summed E-state index contributed by atoms with van der Waals surface area (Å²) in [5.74, 6) is 0.0451. The Morgan fingerprint density at radius 2 is 1.60 bits per heavy atom. The largest absolute Gasteiger partial charge is 0.465 e. The molecule has 13 heteroatoms. The van der Waals surface area contributed by atoms with Gasteiger partial charge in [-0.3, -0.25) is 29.6 Å². The van der Waals surface area contributed by atoms with E-state index in [1.54, 1.807) is 45.0 Å². The first-order valence-electron chi connectivity index (χ1n) is 13.7. The number of hydrogen-bond donors (Lipinski definition) is 3. The molecule has 0 spiro atoms. The molecule has 3 N–H and O–H groups in total. The van der Waals surface area contributed by atoms with Crippen LogP contribution in [0.2, 0.25) is 0 Å². The number of amides is 3. The van der Waals surface area contributed by atoms with E-state index in [1.165, 1.54) is 26.1 Å². The van der Waals surface area contributed by atoms with Gasteiger partial charge in [0.05, 0.1) is 6.26 Å². The molecule has 42 heavy (non-hydrogen) atoms. The Bertz CT molecular complexity index is 1430. The molecule has 12 nitrogen and oxygen atoms in total. The molecule has 2 aromatic rings. The van der Waals surface area contributed by atoms with E-state index in [0.29, 0.717) is 24.2 Å². The molecule has 1 aliphatic rings. The van der Waals surface area contributed by atoms with Crippen LogP contribution in [0.15, 0.2) is 42.5 Å². The third kappa shape index (κ3) is 7.69. The Labute approximate surface area is 248 Å². The van der Waals surface area contributed by atoms with Gasteiger partial charge in [0.25, 0.3) is 11.8 Å². The Kier molecular flexibility index (Phi) is 9.45. The number of carbonyl (C=O) groups is 3. The summed E-state index contributed by atoms with van der Waals surface area (Å²) in [7, 11) is -0.511. The lowest BCUT2D eigenvalue weighted by molar-refractivity contribution is -0.135. The van der Waals surface area contributed by atoms with E-state index < -0.39 is 39.0 Å². The number of anilines is 2. The van der Waals surface area contributed by atoms with Gasteiger partial charge >= 0.3 is 6.09 Å². The summed E-state index contributed by atoms with van der Waals surface area (Å²) < 4.78 is 25.5. The Morgan fingerprint density at radius 1 is 1.02 bits per heavy atom. The average molecular weight is 603 g/mol. The Hall–Kier alpha value is -3.87. The first-order chi connectivity index (χ1) is 19.3. The second-order valence-corrected chi connectivity index (χ2v) is 14.3. The van der Waals surface area contributed by atoms with Crippen LogP contribution in [-0.4, -0.2) is 79.3 Å². The fourth-order valence-corrected chi connectivity index (χ4v) is 5.50. The van der Waals surface area contributed by atoms with Gasteiger partial charge in [0.15, 0.2) is 0 Å². The maximum absolute atomic E-state index is 13.7. The molecule has 3 amide bonds. The molecule has 1 heterocycles. The predicted molar refractivity (Wildman–Crippen MR) is 162 cm³/mol. The van der Waals surface area contributed by atoms with E-state index in [4.69, 9.17) is 0 Å². The van der Waals surface area contributed by atoms with Crippen LogP contribution in [0.3, 0.4) is 0 Å². The maximum Gasteiger partial charge on any atom is 0.408 e. The molecule has 0 bridgehead atoms. The van der Waals surface area contributed by atoms with Gasteiger partial charge in [-0.15, -0.1) is 0 Å². The van der Waals surface area contributed by atoms with Crippen molar-refractivity contribution in [1.29, 1.82) is 0 Å². The number of carboxylic acid groups (broad SMARTS) is 1. The van der Waals surface area contributed by atoms with Crippen molar-refractivity contribution in [3.8, 4) is 0 Å². The smallest absolute Gasteiger partial charge is 0.408 e. The van der Waals surface area contributed by atoms with Crippen LogP contribution < -0.4 is 20.1 Å². The molecule has 1 aromatic heterocycles. The lowest BCUT2D eigenvalue weighted by Gasteiger charge is -2.45. The summed E-state index contributed by atoms with van der Waals surface area (Å²) in [4.78, 5) is 46.9. The van der Waals surface area contributed by atoms with Gasteiger partial charge in [0, 0.05) is 38.2 Å². The minimum Gasteiger partial charge on any atom is -0.465 e. The number of benzene rings is 1. The third-order valence-electron chi connectivity index (χ3n) is 7.58. The highest BCUT2D eigenvalue weighted by atomic mass is 32.2. The lowest BCUT2D eigenvalue weighted by atomic mass is 9.86. The monoisotopic (exact) mass is 602 g/mol. The predicted octanol–water partition coefficient (Wildman–Crippen LogP) is 3.11. The van der Waals surface area contributed by atoms with E-state index in [2.05, 4.69) is 22.8 Å². The van der Waals surface area contributed by atoms with Crippen molar-refractivity contribution in [2.45, 2.75) is 58.5 Å². The number of aromatic nitrogens is 1. The molecule has 1 saturated carbocycles. The van der Waals surface area contributed by atoms with Gasteiger partial charge < -0.3 is 10.0 Å². The van der Waals surface area contributed by atoms with Crippen LogP contribution in [-0.2, 0) is 21.2 Å². The molecule has 3 rings (SSSR count). The first-order valence-corrected chi connectivity index (χ1v) is 15.5. The van der Waals surface area contributed by atoms with Gasteiger partial charge in [-0.05, 0) is 63.6 Å². The molecule has 0 aliphatic heterocycles. The SMILES string of the molecule is CC1CC1CN(C)c1cc(C(=O)NNC(=O)[C@@](C)(Cc2ccccc2)N(C(=O)O)C(C)(C)C)cc(N(C)S(C)(=O)=O)n1. The van der Waals surface area contributed by atoms with E-state index in [1.807, 2.05) is 18.0 Å². The van der Waals surface area contributed by atoms with E-state index >= 15 is 0 Å². The second-order valence-electron chi connectivity index (χ2n) is 12.3. The molecule has 0 radical (unpaired) electrons. The molecular formula is C29H42N6O6S. The number of pyridine rings is 1. The van der Waals surface area contributed by atoms with Crippen molar-refractivity contribution >= 4 is 39.6 Å². The van der Waals surface area contributed by atoms with E-state index in [-0.39, 0.29) is 17.8 Å². The summed E-state index contributed by atoms with van der Waals surface area (Å²) in [6.45, 7) is 9.42. The van der Waals surface area contributed by atoms with Crippen molar-refractivity contribution in [3.63, 3.8) is 0 Å². The van der Waals surface area contributed by atoms with Crippen LogP contribution in [0, 0.1) is 11.8 Å². The fourth-order valence-electron chi connectivity index (χ4n) is 5.07. The third-order valence-corrected chi connectivity index (χ3v) is 8.76. The average Bonchev–Trinajstić information content (AvgIpc) is 3.58. The van der Waals surface area contributed by atoms with E-state index in [9.17, 15) is 27.9 Å². The number of sulfonamides is 1. The zero-order valence-electron chi connectivity index (χ0n) is 25.5. The summed E-state index contributed by atoms with van der Waals surface area (Å²) in [6.07, 6.45) is 0.874. The lowest BCUT2D eigenvalue weighted by Crippen LogP contribution is -2.67. The molecular weight excluding hydrogens is 560 g/mol. The molecule has 1 aromatic carbocycles. The van der Waals surface area contributed by atoms with Gasteiger partial charge in [0.1, 0.15) is 17.2 Å². The molecule has 3 atom stereocenters. The van der Waals surface area contributed by atoms with Crippen LogP contribution >= 0.6 is 0 Å². The van der Waals surface area contributed by atoms with Crippen LogP contribution in [0.1, 0.15) is 57.0 Å². The van der Waals surface area contributed by atoms with Gasteiger partial charge in [-0.1, -0.05) is 37.3 Å². The minimum absolute atomic E-state index is 0.0425. The van der Waals surface area contributed by atoms with Crippen LogP contribution in [0.5, 0.6) is 0 Å². The van der Waals surface area contributed by atoms with Crippen molar-refractivity contribution in [2.24, 2.45) is 11.8 Å². The maximum atomic E-state index is 13.7. The molecule has 230 valence electrons. The van der Waals surface area contributed by atoms with Crippen molar-refractivity contribution in [3.05, 3.63) is 53.6 Å². The molecule has 1 aliphatic carbocycles. The summed E-state index contributed by atoms with van der Waals surface area (Å²) >= 11 is 0. The topological polar surface area (TPSA) is 152 Å². The standard InChI is InChI=1S/C29H42N6O6S/c1-19-14-22(19)18-33(6)23-15-21(16-24(30-23)34(7)42(8,40)41)25(36)31-32-26(37)29(5,17-20-12-10-9-11-13-20)35(27(38)39)28(2,3)4/h9-13,15-16,19,22H,14,17-18H2,1-8H3,(H,31,36)(H,32,37)(H,38,39)/t19?,22?,29-/m1/s1. The number of rotatable bonds is 10. The fraction of sp³-hybridized carbons (Fsp3) is 0.517. The number of carbonyl (C=O) groups excluding carboxylic acids is 2. The van der Waals surface area contributed by atoms with Crippen molar-refractivity contribution < 1.29 is 27.9 Å². The second kappa shape index (κ2) is 12.2. The molecule has 2 unspecified atom stereocenters. The van der Waals surface area contributed by atoms with Crippen molar-refractivity contribution in [1.82, 2.24) is 20.7 Å². The normalized spacial score (nSPS) is 17.9. The molecule has 1 fully saturated rings. The first kappa shape index (κ1) is 32.6. The summed E-state index contributed by atoms with van der Waals surface area (Å²) in [5.41, 5.74) is 3.05. The summed E-state index contributed by atoms with van der Waals surface area (Å²) in [5, 5.41) is 10.1. The highest BCUT2D eigenvalue weighted by molar-refractivity contribution is 7.92. The van der Waals surface area contributed by atoms with Crippen LogP contribution in [0.25, 0.3) is 0 Å². The Balaban J connectivity index is 1.92. The zero-order chi connectivity index (χ0) is 31.6. The minimum atomic E-state index is -3.68. The Morgan fingerprint density at radius 3 is 2.10 bits per heavy atom. The van der Waals surface area contributed by atoms with E-state index in [0.717, 1.165) is 27.4 Å². The number of nitrogens with zero attached hydrogens (tertiary/aromatic N) is 4. The van der Waals surface area contributed by atoms with Crippen molar-refractivity contribution in [2.75, 3.05) is 36.1 Å². The highest BCUT2D eigenvalue weighted by Gasteiger charge is 2.48. The quantitative estimate of drug-likeness (QED) is 0.351. The zero-order valence-corrected chi connectivity index (χ0v) is 26.3. The number of hydrazine groups is 1. The van der Waals surface area contributed by atoms with Gasteiger partial charge in [-0.2, -0.15) is 0 Å². The number of nitrogens with one attached hydrogen (secondary N) is 2. The summed E-state index contributed by atoms with van der Waals surface area (Å²) in [6, 6.07) is 11.8. The number of hydrogen-bond acceptors (Lipinski definition) is 7. The van der Waals surface area contributed by atoms with Gasteiger partial charge in [-0.25, -0.2) is 18.2 Å².